The van der Waals surface area contributed by atoms with Crippen LogP contribution in [0.4, 0.5) is 0 Å². The molecule has 0 aliphatic carbocycles. The molecule has 0 radical (unpaired) electrons. The van der Waals surface area contributed by atoms with Crippen LogP contribution in [-0.4, -0.2) is 28.6 Å². The minimum Gasteiger partial charge on any atom is -0.480 e. The van der Waals surface area contributed by atoms with Crippen LogP contribution in [0.1, 0.15) is 34.9 Å². The lowest BCUT2D eigenvalue weighted by Crippen LogP contribution is -2.39. The third kappa shape index (κ3) is 2.98. The van der Waals surface area contributed by atoms with Crippen molar-refractivity contribution in [1.82, 2.24) is 4.90 Å². The van der Waals surface area contributed by atoms with E-state index in [0.717, 1.165) is 29.4 Å². The molecule has 2 unspecified atom stereocenters. The van der Waals surface area contributed by atoms with Crippen molar-refractivity contribution >= 4 is 33.2 Å². The van der Waals surface area contributed by atoms with Crippen LogP contribution in [0, 0.1) is 6.92 Å². The second kappa shape index (κ2) is 6.52. The summed E-state index contributed by atoms with van der Waals surface area (Å²) in [5.41, 5.74) is 2.36. The number of carboxylic acid groups (broad SMARTS) is 1. The van der Waals surface area contributed by atoms with Crippen LogP contribution in [0.2, 0.25) is 0 Å². The molecular formula is C17H18BrNO2S. The Balaban J connectivity index is 2.07. The van der Waals surface area contributed by atoms with Gasteiger partial charge < -0.3 is 5.11 Å². The summed E-state index contributed by atoms with van der Waals surface area (Å²) < 4.78 is 1.03. The van der Waals surface area contributed by atoms with Gasteiger partial charge in [-0.05, 0) is 48.4 Å². The van der Waals surface area contributed by atoms with Crippen molar-refractivity contribution < 1.29 is 9.90 Å². The van der Waals surface area contributed by atoms with Gasteiger partial charge in [0.15, 0.2) is 0 Å². The Morgan fingerprint density at radius 3 is 2.86 bits per heavy atom. The fourth-order valence-electron chi connectivity index (χ4n) is 3.15. The number of hydrogen-bond donors (Lipinski definition) is 1. The molecule has 1 saturated heterocycles. The van der Waals surface area contributed by atoms with Gasteiger partial charge in [-0.15, -0.1) is 11.3 Å². The Morgan fingerprint density at radius 1 is 1.45 bits per heavy atom. The van der Waals surface area contributed by atoms with E-state index in [-0.39, 0.29) is 6.04 Å². The average Bonchev–Trinajstić information content (AvgIpc) is 3.11. The lowest BCUT2D eigenvalue weighted by Gasteiger charge is -2.31. The maximum absolute atomic E-state index is 11.6. The van der Waals surface area contributed by atoms with E-state index in [9.17, 15) is 9.90 Å². The highest BCUT2D eigenvalue weighted by molar-refractivity contribution is 9.10. The fourth-order valence-corrected chi connectivity index (χ4v) is 4.69. The third-order valence-corrected chi connectivity index (χ3v) is 5.96. The molecule has 116 valence electrons. The second-order valence-electron chi connectivity index (χ2n) is 5.68. The molecule has 0 bridgehead atoms. The number of halogens is 1. The molecule has 1 N–H and O–H groups in total. The van der Waals surface area contributed by atoms with E-state index >= 15 is 0 Å². The van der Waals surface area contributed by atoms with Crippen molar-refractivity contribution in [3.05, 3.63) is 56.2 Å². The van der Waals surface area contributed by atoms with Gasteiger partial charge in [0.05, 0.1) is 6.04 Å². The molecule has 0 spiro atoms. The van der Waals surface area contributed by atoms with Gasteiger partial charge >= 0.3 is 5.97 Å². The zero-order valence-corrected chi connectivity index (χ0v) is 14.7. The van der Waals surface area contributed by atoms with Gasteiger partial charge in [-0.25, -0.2) is 0 Å². The molecule has 1 aliphatic heterocycles. The number of rotatable bonds is 4. The molecule has 2 aromatic rings. The molecule has 1 aromatic heterocycles. The van der Waals surface area contributed by atoms with Gasteiger partial charge in [-0.2, -0.15) is 0 Å². The minimum atomic E-state index is -0.720. The van der Waals surface area contributed by atoms with Gasteiger partial charge in [0.25, 0.3) is 0 Å². The smallest absolute Gasteiger partial charge is 0.320 e. The van der Waals surface area contributed by atoms with E-state index in [1.54, 1.807) is 11.3 Å². The predicted molar refractivity (Wildman–Crippen MR) is 92.4 cm³/mol. The van der Waals surface area contributed by atoms with Gasteiger partial charge in [0, 0.05) is 15.9 Å². The highest BCUT2D eigenvalue weighted by Gasteiger charge is 2.37. The fraction of sp³-hybridized carbons (Fsp3) is 0.353. The first-order valence-electron chi connectivity index (χ1n) is 7.36. The number of carboxylic acids is 1. The normalized spacial score (nSPS) is 20.2. The zero-order valence-electron chi connectivity index (χ0n) is 12.3. The summed E-state index contributed by atoms with van der Waals surface area (Å²) in [5.74, 6) is -0.720. The van der Waals surface area contributed by atoms with E-state index in [1.165, 1.54) is 10.4 Å². The van der Waals surface area contributed by atoms with Crippen LogP contribution < -0.4 is 0 Å². The molecular weight excluding hydrogens is 362 g/mol. The summed E-state index contributed by atoms with van der Waals surface area (Å²) in [6.07, 6.45) is 1.66. The minimum absolute atomic E-state index is 0.00197. The summed E-state index contributed by atoms with van der Waals surface area (Å²) in [6, 6.07) is 9.88. The molecule has 2 atom stereocenters. The Hall–Kier alpha value is -1.17. The van der Waals surface area contributed by atoms with E-state index in [1.807, 2.05) is 18.2 Å². The van der Waals surface area contributed by atoms with Crippen LogP contribution in [-0.2, 0) is 4.79 Å². The molecule has 1 aliphatic rings. The topological polar surface area (TPSA) is 40.5 Å². The number of aryl methyl sites for hydroxylation is 1. The number of benzene rings is 1. The van der Waals surface area contributed by atoms with Crippen molar-refractivity contribution in [2.75, 3.05) is 6.54 Å². The molecule has 0 amide bonds. The van der Waals surface area contributed by atoms with Crippen molar-refractivity contribution in [2.45, 2.75) is 31.8 Å². The van der Waals surface area contributed by atoms with Crippen LogP contribution in [0.3, 0.4) is 0 Å². The van der Waals surface area contributed by atoms with E-state index in [4.69, 9.17) is 0 Å². The number of nitrogens with zero attached hydrogens (tertiary/aromatic N) is 1. The Kier molecular flexibility index (Phi) is 4.66. The van der Waals surface area contributed by atoms with Crippen LogP contribution >= 0.6 is 27.3 Å². The molecule has 1 aromatic carbocycles. The summed E-state index contributed by atoms with van der Waals surface area (Å²) >= 11 is 5.34. The maximum Gasteiger partial charge on any atom is 0.320 e. The van der Waals surface area contributed by atoms with Crippen molar-refractivity contribution in [1.29, 1.82) is 0 Å². The average molecular weight is 380 g/mol. The molecule has 3 nitrogen and oxygen atoms in total. The molecule has 0 saturated carbocycles. The third-order valence-electron chi connectivity index (χ3n) is 4.13. The van der Waals surface area contributed by atoms with Crippen LogP contribution in [0.25, 0.3) is 0 Å². The van der Waals surface area contributed by atoms with Crippen LogP contribution in [0.15, 0.2) is 40.2 Å². The number of likely N-dealkylation sites (tertiary alicyclic amines) is 1. The number of hydrogen-bond acceptors (Lipinski definition) is 3. The Bertz CT molecular complexity index is 685. The summed E-state index contributed by atoms with van der Waals surface area (Å²) in [4.78, 5) is 15.0. The van der Waals surface area contributed by atoms with Crippen LogP contribution in [0.5, 0.6) is 0 Å². The van der Waals surface area contributed by atoms with Gasteiger partial charge in [-0.1, -0.05) is 34.1 Å². The van der Waals surface area contributed by atoms with Crippen molar-refractivity contribution in [2.24, 2.45) is 0 Å². The van der Waals surface area contributed by atoms with E-state index < -0.39 is 12.0 Å². The maximum atomic E-state index is 11.6. The number of thiophene rings is 1. The second-order valence-corrected chi connectivity index (χ2v) is 7.48. The number of aliphatic carboxylic acids is 1. The van der Waals surface area contributed by atoms with E-state index in [2.05, 4.69) is 45.3 Å². The Labute approximate surface area is 142 Å². The highest BCUT2D eigenvalue weighted by atomic mass is 79.9. The van der Waals surface area contributed by atoms with Crippen molar-refractivity contribution in [3.8, 4) is 0 Å². The first-order chi connectivity index (χ1) is 10.6. The first kappa shape index (κ1) is 15.7. The zero-order chi connectivity index (χ0) is 15.7. The van der Waals surface area contributed by atoms with Crippen molar-refractivity contribution in [3.63, 3.8) is 0 Å². The highest BCUT2D eigenvalue weighted by Crippen LogP contribution is 2.40. The first-order valence-corrected chi connectivity index (χ1v) is 9.03. The largest absolute Gasteiger partial charge is 0.480 e. The SMILES string of the molecule is Cc1csc(C(c2ccccc2Br)N2CCCC2C(=O)O)c1. The molecule has 5 heteroatoms. The van der Waals surface area contributed by atoms with E-state index in [0.29, 0.717) is 0 Å². The molecule has 1 fully saturated rings. The predicted octanol–water partition coefficient (Wildman–Crippen LogP) is 4.46. The summed E-state index contributed by atoms with van der Waals surface area (Å²) in [7, 11) is 0. The molecule has 3 rings (SSSR count). The lowest BCUT2D eigenvalue weighted by molar-refractivity contribution is -0.142. The Morgan fingerprint density at radius 2 is 2.23 bits per heavy atom. The lowest BCUT2D eigenvalue weighted by atomic mass is 10.0. The van der Waals surface area contributed by atoms with Gasteiger partial charge in [0.1, 0.15) is 6.04 Å². The van der Waals surface area contributed by atoms with Gasteiger partial charge in [0.2, 0.25) is 0 Å². The van der Waals surface area contributed by atoms with Gasteiger partial charge in [-0.3, -0.25) is 9.69 Å². The number of carbonyl (C=O) groups is 1. The monoisotopic (exact) mass is 379 g/mol. The summed E-state index contributed by atoms with van der Waals surface area (Å²) in [6.45, 7) is 2.90. The standard InChI is InChI=1S/C17H18BrNO2S/c1-11-9-15(22-10-11)16(12-5-2-3-6-13(12)18)19-8-4-7-14(19)17(20)21/h2-3,5-6,9-10,14,16H,4,7-8H2,1H3,(H,20,21). The molecule has 22 heavy (non-hydrogen) atoms. The molecule has 2 heterocycles. The quantitative estimate of drug-likeness (QED) is 0.852. The summed E-state index contributed by atoms with van der Waals surface area (Å²) in [5, 5.41) is 11.7.